The van der Waals surface area contributed by atoms with E-state index in [1.807, 2.05) is 0 Å². The Labute approximate surface area is 165 Å². The van der Waals surface area contributed by atoms with Crippen LogP contribution in [0.3, 0.4) is 0 Å². The van der Waals surface area contributed by atoms with E-state index >= 15 is 0 Å². The summed E-state index contributed by atoms with van der Waals surface area (Å²) < 4.78 is 0. The molecule has 2 aromatic rings. The van der Waals surface area contributed by atoms with Gasteiger partial charge in [0.2, 0.25) is 5.91 Å². The Morgan fingerprint density at radius 3 is 2.38 bits per heavy atom. The molecule has 0 aliphatic carbocycles. The van der Waals surface area contributed by atoms with Gasteiger partial charge in [0, 0.05) is 6.42 Å². The first-order valence-electron chi connectivity index (χ1n) is 8.50. The Morgan fingerprint density at radius 1 is 1.14 bits per heavy atom. The standard InChI is InChI=1S/C19H20N2O8/c1-19(18(25)26,10-12-6-7-15(22)16(23)8-12)20-17(24)9-13-4-2-3-5-14(13)11-29-21(27)28/h2-8,22-23H,9-11H2,1H3,(H,20,24)(H,25,26). The van der Waals surface area contributed by atoms with Crippen molar-refractivity contribution in [1.82, 2.24) is 5.32 Å². The van der Waals surface area contributed by atoms with Crippen LogP contribution in [-0.2, 0) is 33.9 Å². The lowest BCUT2D eigenvalue weighted by atomic mass is 9.92. The average molecular weight is 404 g/mol. The second-order valence-corrected chi connectivity index (χ2v) is 6.63. The van der Waals surface area contributed by atoms with Gasteiger partial charge < -0.3 is 25.5 Å². The Kier molecular flexibility index (Phi) is 6.60. The van der Waals surface area contributed by atoms with Crippen LogP contribution in [0, 0.1) is 10.1 Å². The lowest BCUT2D eigenvalue weighted by Crippen LogP contribution is -2.54. The van der Waals surface area contributed by atoms with Crippen molar-refractivity contribution in [2.45, 2.75) is 31.9 Å². The molecule has 0 saturated heterocycles. The zero-order chi connectivity index (χ0) is 21.6. The third-order valence-electron chi connectivity index (χ3n) is 4.28. The molecule has 1 unspecified atom stereocenters. The molecule has 29 heavy (non-hydrogen) atoms. The maximum Gasteiger partial charge on any atom is 0.329 e. The Hall–Kier alpha value is -3.82. The number of aliphatic carboxylic acids is 1. The number of phenolic OH excluding ortho intramolecular Hbond substituents is 2. The molecule has 0 aliphatic heterocycles. The largest absolute Gasteiger partial charge is 0.504 e. The second kappa shape index (κ2) is 8.91. The molecular formula is C19H20N2O8. The van der Waals surface area contributed by atoms with Gasteiger partial charge in [-0.2, -0.15) is 0 Å². The number of carboxylic acids is 1. The number of hydrogen-bond donors (Lipinski definition) is 4. The normalized spacial score (nSPS) is 12.6. The highest BCUT2D eigenvalue weighted by Crippen LogP contribution is 2.27. The lowest BCUT2D eigenvalue weighted by Gasteiger charge is -2.27. The minimum absolute atomic E-state index is 0.145. The highest BCUT2D eigenvalue weighted by Gasteiger charge is 2.35. The van der Waals surface area contributed by atoms with Crippen LogP contribution in [0.4, 0.5) is 0 Å². The molecule has 0 saturated carbocycles. The van der Waals surface area contributed by atoms with Crippen molar-refractivity contribution in [2.24, 2.45) is 0 Å². The number of benzene rings is 2. The van der Waals surface area contributed by atoms with Crippen LogP contribution in [0.15, 0.2) is 42.5 Å². The summed E-state index contributed by atoms with van der Waals surface area (Å²) in [6.45, 7) is 0.984. The van der Waals surface area contributed by atoms with E-state index in [4.69, 9.17) is 0 Å². The van der Waals surface area contributed by atoms with E-state index < -0.39 is 28.3 Å². The molecule has 10 nitrogen and oxygen atoms in total. The van der Waals surface area contributed by atoms with Crippen molar-refractivity contribution in [1.29, 1.82) is 0 Å². The number of nitrogens with one attached hydrogen (secondary N) is 1. The van der Waals surface area contributed by atoms with Gasteiger partial charge in [-0.1, -0.05) is 30.3 Å². The summed E-state index contributed by atoms with van der Waals surface area (Å²) in [6.07, 6.45) is -0.352. The summed E-state index contributed by atoms with van der Waals surface area (Å²) in [6, 6.07) is 10.3. The third-order valence-corrected chi connectivity index (χ3v) is 4.28. The van der Waals surface area contributed by atoms with Gasteiger partial charge in [0.05, 0.1) is 6.42 Å². The van der Waals surface area contributed by atoms with E-state index in [-0.39, 0.29) is 25.2 Å². The van der Waals surface area contributed by atoms with Crippen molar-refractivity contribution in [3.63, 3.8) is 0 Å². The van der Waals surface area contributed by atoms with Crippen molar-refractivity contribution >= 4 is 11.9 Å². The Balaban J connectivity index is 2.14. The fraction of sp³-hybridized carbons (Fsp3) is 0.263. The van der Waals surface area contributed by atoms with E-state index in [0.29, 0.717) is 16.7 Å². The lowest BCUT2D eigenvalue weighted by molar-refractivity contribution is -0.763. The molecule has 0 bridgehead atoms. The van der Waals surface area contributed by atoms with Crippen LogP contribution in [0.2, 0.25) is 0 Å². The van der Waals surface area contributed by atoms with Gasteiger partial charge in [-0.25, -0.2) is 4.79 Å². The van der Waals surface area contributed by atoms with Crippen molar-refractivity contribution in [2.75, 3.05) is 0 Å². The summed E-state index contributed by atoms with van der Waals surface area (Å²) in [5.74, 6) is -2.64. The van der Waals surface area contributed by atoms with Gasteiger partial charge >= 0.3 is 5.97 Å². The van der Waals surface area contributed by atoms with Gasteiger partial charge in [-0.15, -0.1) is 10.1 Å². The summed E-state index contributed by atoms with van der Waals surface area (Å²) in [4.78, 5) is 39.0. The predicted octanol–water partition coefficient (Wildman–Crippen LogP) is 1.55. The molecule has 2 aromatic carbocycles. The van der Waals surface area contributed by atoms with Crippen LogP contribution in [0.5, 0.6) is 11.5 Å². The fourth-order valence-corrected chi connectivity index (χ4v) is 2.78. The molecule has 1 amide bonds. The van der Waals surface area contributed by atoms with Gasteiger partial charge in [-0.3, -0.25) is 4.79 Å². The quantitative estimate of drug-likeness (QED) is 0.278. The van der Waals surface area contributed by atoms with E-state index in [2.05, 4.69) is 10.2 Å². The highest BCUT2D eigenvalue weighted by atomic mass is 16.9. The molecule has 0 fully saturated rings. The van der Waals surface area contributed by atoms with Gasteiger partial charge in [-0.05, 0) is 35.7 Å². The molecular weight excluding hydrogens is 384 g/mol. The topological polar surface area (TPSA) is 159 Å². The summed E-state index contributed by atoms with van der Waals surface area (Å²) in [5, 5.41) is 40.5. The zero-order valence-electron chi connectivity index (χ0n) is 15.5. The van der Waals surface area contributed by atoms with Crippen LogP contribution < -0.4 is 5.32 Å². The number of aromatic hydroxyl groups is 2. The maximum absolute atomic E-state index is 12.5. The molecule has 0 aliphatic rings. The maximum atomic E-state index is 12.5. The summed E-state index contributed by atoms with van der Waals surface area (Å²) >= 11 is 0. The molecule has 10 heteroatoms. The van der Waals surface area contributed by atoms with Crippen LogP contribution in [-0.4, -0.2) is 37.8 Å². The van der Waals surface area contributed by atoms with Crippen molar-refractivity contribution in [3.05, 3.63) is 69.3 Å². The zero-order valence-corrected chi connectivity index (χ0v) is 15.5. The van der Waals surface area contributed by atoms with Crippen molar-refractivity contribution < 1.29 is 34.8 Å². The first kappa shape index (κ1) is 21.5. The second-order valence-electron chi connectivity index (χ2n) is 6.63. The first-order chi connectivity index (χ1) is 13.6. The number of carbonyl (C=O) groups excluding carboxylic acids is 1. The minimum Gasteiger partial charge on any atom is -0.504 e. The molecule has 0 aromatic heterocycles. The monoisotopic (exact) mass is 404 g/mol. The van der Waals surface area contributed by atoms with Gasteiger partial charge in [0.25, 0.3) is 5.09 Å². The van der Waals surface area contributed by atoms with E-state index in [1.165, 1.54) is 25.1 Å². The Morgan fingerprint density at radius 2 is 1.79 bits per heavy atom. The molecule has 0 spiro atoms. The van der Waals surface area contributed by atoms with Crippen LogP contribution in [0.1, 0.15) is 23.6 Å². The van der Waals surface area contributed by atoms with E-state index in [1.54, 1.807) is 24.3 Å². The SMILES string of the molecule is CC(Cc1ccc(O)c(O)c1)(NC(=O)Cc1ccccc1CO[N+](=O)[O-])C(=O)O. The smallest absolute Gasteiger partial charge is 0.329 e. The number of amides is 1. The Bertz CT molecular complexity index is 930. The number of rotatable bonds is 9. The number of hydrogen-bond acceptors (Lipinski definition) is 7. The van der Waals surface area contributed by atoms with E-state index in [0.717, 1.165) is 0 Å². The molecule has 1 atom stereocenters. The average Bonchev–Trinajstić information content (AvgIpc) is 2.63. The third kappa shape index (κ3) is 5.83. The molecule has 0 radical (unpaired) electrons. The number of carboxylic acid groups (broad SMARTS) is 1. The first-order valence-corrected chi connectivity index (χ1v) is 8.50. The van der Waals surface area contributed by atoms with Crippen LogP contribution >= 0.6 is 0 Å². The van der Waals surface area contributed by atoms with Crippen LogP contribution in [0.25, 0.3) is 0 Å². The van der Waals surface area contributed by atoms with E-state index in [9.17, 15) is 35.0 Å². The highest BCUT2D eigenvalue weighted by molar-refractivity contribution is 5.88. The molecule has 4 N–H and O–H groups in total. The van der Waals surface area contributed by atoms with Gasteiger partial charge in [0.1, 0.15) is 12.1 Å². The van der Waals surface area contributed by atoms with Gasteiger partial charge in [0.15, 0.2) is 11.5 Å². The molecule has 154 valence electrons. The summed E-state index contributed by atoms with van der Waals surface area (Å²) in [7, 11) is 0. The fourth-order valence-electron chi connectivity index (χ4n) is 2.78. The molecule has 0 heterocycles. The summed E-state index contributed by atoms with van der Waals surface area (Å²) in [5.41, 5.74) is -0.403. The van der Waals surface area contributed by atoms with Crippen molar-refractivity contribution in [3.8, 4) is 11.5 Å². The number of phenols is 2. The minimum atomic E-state index is -1.69. The number of nitrogens with zero attached hydrogens (tertiary/aromatic N) is 1. The number of carbonyl (C=O) groups is 2. The predicted molar refractivity (Wildman–Crippen MR) is 99.6 cm³/mol. The molecule has 2 rings (SSSR count).